The van der Waals surface area contributed by atoms with Gasteiger partial charge in [0, 0.05) is 6.42 Å². The lowest BCUT2D eigenvalue weighted by Gasteiger charge is -2.09. The van der Waals surface area contributed by atoms with Crippen molar-refractivity contribution in [1.82, 2.24) is 0 Å². The number of aliphatic hydroxyl groups excluding tert-OH is 1. The normalized spacial score (nSPS) is 11.9. The van der Waals surface area contributed by atoms with Gasteiger partial charge in [0.25, 0.3) is 0 Å². The van der Waals surface area contributed by atoms with Gasteiger partial charge >= 0.3 is 0 Å². The van der Waals surface area contributed by atoms with E-state index in [0.717, 1.165) is 0 Å². The molecule has 0 radical (unpaired) electrons. The molecule has 16 heavy (non-hydrogen) atoms. The predicted molar refractivity (Wildman–Crippen MR) is 60.6 cm³/mol. The van der Waals surface area contributed by atoms with Crippen molar-refractivity contribution < 1.29 is 14.2 Å². The van der Waals surface area contributed by atoms with Crippen molar-refractivity contribution in [2.45, 2.75) is 25.9 Å². The number of aliphatic hydroxyl groups is 1. The molecule has 0 heterocycles. The van der Waals surface area contributed by atoms with E-state index < -0.39 is 11.9 Å². The highest BCUT2D eigenvalue weighted by molar-refractivity contribution is 5.30. The molecule has 0 saturated heterocycles. The van der Waals surface area contributed by atoms with Crippen LogP contribution in [-0.2, 0) is 0 Å². The Morgan fingerprint density at radius 1 is 1.56 bits per heavy atom. The van der Waals surface area contributed by atoms with E-state index in [-0.39, 0.29) is 5.75 Å². The van der Waals surface area contributed by atoms with Crippen LogP contribution in [0.4, 0.5) is 4.39 Å². The Morgan fingerprint density at radius 3 is 2.88 bits per heavy atom. The zero-order chi connectivity index (χ0) is 12.0. The van der Waals surface area contributed by atoms with E-state index in [1.165, 1.54) is 12.1 Å². The average molecular weight is 222 g/mol. The first-order valence-electron chi connectivity index (χ1n) is 5.19. The number of halogens is 1. The van der Waals surface area contributed by atoms with Gasteiger partial charge in [-0.25, -0.2) is 4.39 Å². The van der Waals surface area contributed by atoms with Gasteiger partial charge < -0.3 is 9.84 Å². The minimum atomic E-state index is -0.676. The molecule has 3 heteroatoms. The van der Waals surface area contributed by atoms with E-state index in [1.807, 2.05) is 0 Å². The number of hydrogen-bond acceptors (Lipinski definition) is 2. The van der Waals surface area contributed by atoms with Gasteiger partial charge in [-0.05, 0) is 31.0 Å². The number of unbranched alkanes of at least 4 members (excludes halogenated alkanes) is 1. The molecule has 0 fully saturated rings. The summed E-state index contributed by atoms with van der Waals surface area (Å²) >= 11 is 0. The van der Waals surface area contributed by atoms with Gasteiger partial charge in [0.1, 0.15) is 0 Å². The summed E-state index contributed by atoms with van der Waals surface area (Å²) in [6.45, 7) is 1.98. The number of benzene rings is 1. The molecule has 1 N–H and O–H groups in total. The predicted octanol–water partition coefficient (Wildman–Crippen LogP) is 2.67. The molecule has 0 aromatic heterocycles. The molecule has 0 saturated carbocycles. The Morgan fingerprint density at radius 2 is 2.31 bits per heavy atom. The zero-order valence-electron chi connectivity index (χ0n) is 9.24. The van der Waals surface area contributed by atoms with Gasteiger partial charge in [-0.2, -0.15) is 0 Å². The van der Waals surface area contributed by atoms with Gasteiger partial charge in [-0.15, -0.1) is 12.3 Å². The third kappa shape index (κ3) is 3.56. The second-order valence-electron chi connectivity index (χ2n) is 3.52. The van der Waals surface area contributed by atoms with Crippen LogP contribution in [0.15, 0.2) is 18.2 Å². The van der Waals surface area contributed by atoms with Crippen LogP contribution in [0.3, 0.4) is 0 Å². The highest BCUT2D eigenvalue weighted by Crippen LogP contribution is 2.22. The topological polar surface area (TPSA) is 29.5 Å². The van der Waals surface area contributed by atoms with E-state index in [9.17, 15) is 9.50 Å². The van der Waals surface area contributed by atoms with Crippen LogP contribution in [0.1, 0.15) is 31.4 Å². The van der Waals surface area contributed by atoms with Crippen molar-refractivity contribution in [3.05, 3.63) is 29.6 Å². The second-order valence-corrected chi connectivity index (χ2v) is 3.52. The van der Waals surface area contributed by atoms with Crippen LogP contribution in [0.25, 0.3) is 0 Å². The zero-order valence-corrected chi connectivity index (χ0v) is 9.24. The van der Waals surface area contributed by atoms with Crippen molar-refractivity contribution in [2.24, 2.45) is 0 Å². The summed E-state index contributed by atoms with van der Waals surface area (Å²) in [5.41, 5.74) is 0.536. The monoisotopic (exact) mass is 222 g/mol. The van der Waals surface area contributed by atoms with Gasteiger partial charge in [0.05, 0.1) is 12.7 Å². The second kappa shape index (κ2) is 6.14. The van der Waals surface area contributed by atoms with E-state index in [0.29, 0.717) is 25.0 Å². The summed E-state index contributed by atoms with van der Waals surface area (Å²) in [7, 11) is 0. The van der Waals surface area contributed by atoms with Crippen molar-refractivity contribution in [3.63, 3.8) is 0 Å². The van der Waals surface area contributed by atoms with Crippen LogP contribution >= 0.6 is 0 Å². The molecular formula is C13H15FO2. The fourth-order valence-electron chi connectivity index (χ4n) is 1.25. The quantitative estimate of drug-likeness (QED) is 0.613. The molecule has 1 aromatic carbocycles. The highest BCUT2D eigenvalue weighted by atomic mass is 19.1. The summed E-state index contributed by atoms with van der Waals surface area (Å²) in [5, 5.41) is 9.26. The molecule has 1 atom stereocenters. The van der Waals surface area contributed by atoms with Crippen molar-refractivity contribution in [2.75, 3.05) is 6.61 Å². The van der Waals surface area contributed by atoms with Crippen LogP contribution in [-0.4, -0.2) is 11.7 Å². The van der Waals surface area contributed by atoms with E-state index in [1.54, 1.807) is 13.0 Å². The van der Waals surface area contributed by atoms with Crippen LogP contribution in [0, 0.1) is 18.2 Å². The lowest BCUT2D eigenvalue weighted by Crippen LogP contribution is -2.00. The molecule has 1 aromatic rings. The SMILES string of the molecule is C#CCCCOc1ccc([C@H](C)O)cc1F. The molecule has 0 aliphatic rings. The Bertz CT molecular complexity index is 380. The summed E-state index contributed by atoms with van der Waals surface area (Å²) in [5.74, 6) is 2.22. The van der Waals surface area contributed by atoms with Gasteiger partial charge in [0.2, 0.25) is 0 Å². The third-order valence-electron chi connectivity index (χ3n) is 2.16. The average Bonchev–Trinajstić information content (AvgIpc) is 2.26. The van der Waals surface area contributed by atoms with E-state index >= 15 is 0 Å². The van der Waals surface area contributed by atoms with E-state index in [4.69, 9.17) is 11.2 Å². The number of rotatable bonds is 5. The van der Waals surface area contributed by atoms with Crippen molar-refractivity contribution >= 4 is 0 Å². The lowest BCUT2D eigenvalue weighted by atomic mass is 10.1. The van der Waals surface area contributed by atoms with Crippen LogP contribution < -0.4 is 4.74 Å². The number of hydrogen-bond donors (Lipinski definition) is 1. The molecule has 0 unspecified atom stereocenters. The maximum absolute atomic E-state index is 13.4. The third-order valence-corrected chi connectivity index (χ3v) is 2.16. The molecule has 86 valence electrons. The molecule has 0 bridgehead atoms. The summed E-state index contributed by atoms with van der Waals surface area (Å²) < 4.78 is 18.7. The van der Waals surface area contributed by atoms with Crippen molar-refractivity contribution in [3.8, 4) is 18.1 Å². The Labute approximate surface area is 95.1 Å². The standard InChI is InChI=1S/C13H15FO2/c1-3-4-5-8-16-13-7-6-11(10(2)15)9-12(13)14/h1,6-7,9-10,15H,4-5,8H2,2H3/t10-/m0/s1. The first-order valence-corrected chi connectivity index (χ1v) is 5.19. The number of ether oxygens (including phenoxy) is 1. The molecule has 0 aliphatic carbocycles. The summed E-state index contributed by atoms with van der Waals surface area (Å²) in [6, 6.07) is 4.44. The molecule has 1 rings (SSSR count). The minimum absolute atomic E-state index is 0.196. The first kappa shape index (κ1) is 12.5. The summed E-state index contributed by atoms with van der Waals surface area (Å²) in [6.07, 6.45) is 5.73. The van der Waals surface area contributed by atoms with Gasteiger partial charge in [0.15, 0.2) is 11.6 Å². The molecule has 0 amide bonds. The maximum Gasteiger partial charge on any atom is 0.165 e. The minimum Gasteiger partial charge on any atom is -0.490 e. The molecule has 2 nitrogen and oxygen atoms in total. The lowest BCUT2D eigenvalue weighted by molar-refractivity contribution is 0.198. The van der Waals surface area contributed by atoms with Crippen LogP contribution in [0.2, 0.25) is 0 Å². The molecule has 0 spiro atoms. The fraction of sp³-hybridized carbons (Fsp3) is 0.385. The smallest absolute Gasteiger partial charge is 0.165 e. The van der Waals surface area contributed by atoms with Crippen LogP contribution in [0.5, 0.6) is 5.75 Å². The van der Waals surface area contributed by atoms with Crippen molar-refractivity contribution in [1.29, 1.82) is 0 Å². The number of terminal acetylenes is 1. The Hall–Kier alpha value is -1.53. The highest BCUT2D eigenvalue weighted by Gasteiger charge is 2.07. The van der Waals surface area contributed by atoms with Gasteiger partial charge in [-0.3, -0.25) is 0 Å². The largest absolute Gasteiger partial charge is 0.490 e. The molecule has 0 aliphatic heterocycles. The van der Waals surface area contributed by atoms with Gasteiger partial charge in [-0.1, -0.05) is 6.07 Å². The maximum atomic E-state index is 13.4. The fourth-order valence-corrected chi connectivity index (χ4v) is 1.25. The molecular weight excluding hydrogens is 207 g/mol. The van der Waals surface area contributed by atoms with E-state index in [2.05, 4.69) is 5.92 Å². The Kier molecular flexibility index (Phi) is 4.81. The summed E-state index contributed by atoms with van der Waals surface area (Å²) in [4.78, 5) is 0. The first-order chi connectivity index (χ1) is 7.65. The Balaban J connectivity index is 2.58.